The molecule has 2 amide bonds. The van der Waals surface area contributed by atoms with E-state index in [1.54, 1.807) is 17.1 Å². The lowest BCUT2D eigenvalue weighted by molar-refractivity contribution is -0.137. The molecule has 0 fully saturated rings. The first kappa shape index (κ1) is 28.7. The van der Waals surface area contributed by atoms with Gasteiger partial charge in [0, 0.05) is 30.0 Å². The summed E-state index contributed by atoms with van der Waals surface area (Å²) in [4.78, 5) is 23.2. The summed E-state index contributed by atoms with van der Waals surface area (Å²) < 4.78 is 75.6. The molecule has 1 unspecified atom stereocenters. The van der Waals surface area contributed by atoms with E-state index in [0.29, 0.717) is 6.07 Å². The van der Waals surface area contributed by atoms with E-state index in [-0.39, 0.29) is 36.1 Å². The third-order valence-electron chi connectivity index (χ3n) is 5.98. The average Bonchev–Trinajstić information content (AvgIpc) is 3.36. The first-order valence-electron chi connectivity index (χ1n) is 12.0. The fourth-order valence-electron chi connectivity index (χ4n) is 4.04. The van der Waals surface area contributed by atoms with E-state index in [4.69, 9.17) is 9.84 Å². The minimum Gasteiger partial charge on any atom is -0.486 e. The van der Waals surface area contributed by atoms with Crippen LogP contribution in [0.3, 0.4) is 0 Å². The number of nitrogens with one attached hydrogen (secondary N) is 2. The number of carboxylic acid groups (broad SMARTS) is 1. The largest absolute Gasteiger partial charge is 0.486 e. The molecule has 0 spiro atoms. The van der Waals surface area contributed by atoms with E-state index >= 15 is 0 Å². The van der Waals surface area contributed by atoms with E-state index in [0.717, 1.165) is 28.1 Å². The molecular formula is C25H26F3N5O6S. The lowest BCUT2D eigenvalue weighted by atomic mass is 10.1. The van der Waals surface area contributed by atoms with Crippen LogP contribution in [0.5, 0.6) is 5.75 Å². The molecule has 11 nitrogen and oxygen atoms in total. The Bertz CT molecular complexity index is 1520. The Labute approximate surface area is 227 Å². The molecule has 2 heterocycles. The molecule has 40 heavy (non-hydrogen) atoms. The second-order valence-corrected chi connectivity index (χ2v) is 11.2. The van der Waals surface area contributed by atoms with Gasteiger partial charge in [-0.1, -0.05) is 6.07 Å². The highest BCUT2D eigenvalue weighted by Gasteiger charge is 2.37. The Kier molecular flexibility index (Phi) is 7.95. The molecule has 0 radical (unpaired) electrons. The fraction of sp³-hybridized carbons (Fsp3) is 0.320. The summed E-state index contributed by atoms with van der Waals surface area (Å²) >= 11 is 0. The predicted octanol–water partition coefficient (Wildman–Crippen LogP) is 4.24. The molecule has 0 bridgehead atoms. The maximum absolute atomic E-state index is 13.6. The molecular weight excluding hydrogens is 555 g/mol. The average molecular weight is 582 g/mol. The Hall–Kier alpha value is -4.27. The summed E-state index contributed by atoms with van der Waals surface area (Å²) in [6.07, 6.45) is -4.05. The highest BCUT2D eigenvalue weighted by atomic mass is 32.2. The molecule has 3 aromatic rings. The molecule has 1 aliphatic heterocycles. The third-order valence-corrected chi connectivity index (χ3v) is 7.75. The number of amides is 2. The monoisotopic (exact) mass is 581 g/mol. The number of ether oxygens (including phenoxy) is 1. The molecule has 1 atom stereocenters. The second kappa shape index (κ2) is 11.1. The number of sulfonamides is 1. The van der Waals surface area contributed by atoms with Crippen LogP contribution in [0.4, 0.5) is 29.3 Å². The summed E-state index contributed by atoms with van der Waals surface area (Å²) in [6, 6.07) is 7.25. The quantitative estimate of drug-likeness (QED) is 0.361. The Morgan fingerprint density at radius 2 is 1.95 bits per heavy atom. The molecule has 0 aliphatic carbocycles. The van der Waals surface area contributed by atoms with Crippen molar-refractivity contribution in [2.75, 3.05) is 16.2 Å². The Morgan fingerprint density at radius 3 is 2.60 bits per heavy atom. The zero-order valence-corrected chi connectivity index (χ0v) is 22.2. The van der Waals surface area contributed by atoms with Gasteiger partial charge in [0.2, 0.25) is 5.91 Å². The maximum Gasteiger partial charge on any atom is 0.416 e. The summed E-state index contributed by atoms with van der Waals surface area (Å²) in [5.41, 5.74) is -0.483. The molecule has 2 aromatic carbocycles. The first-order valence-corrected chi connectivity index (χ1v) is 13.5. The second-order valence-electron chi connectivity index (χ2n) is 9.32. The maximum atomic E-state index is 13.6. The Morgan fingerprint density at radius 1 is 1.20 bits per heavy atom. The van der Waals surface area contributed by atoms with Gasteiger partial charge in [0.15, 0.2) is 0 Å². The van der Waals surface area contributed by atoms with Gasteiger partial charge >= 0.3 is 12.3 Å². The van der Waals surface area contributed by atoms with Gasteiger partial charge in [-0.25, -0.2) is 13.2 Å². The number of fused-ring (bicyclic) bond motifs is 1. The van der Waals surface area contributed by atoms with Gasteiger partial charge < -0.3 is 15.2 Å². The van der Waals surface area contributed by atoms with Gasteiger partial charge in [0.1, 0.15) is 11.9 Å². The van der Waals surface area contributed by atoms with Crippen molar-refractivity contribution in [3.8, 4) is 5.75 Å². The van der Waals surface area contributed by atoms with Crippen LogP contribution in [-0.4, -0.2) is 48.0 Å². The topological polar surface area (TPSA) is 143 Å². The molecule has 1 aliphatic rings. The lowest BCUT2D eigenvalue weighted by Crippen LogP contribution is -2.45. The van der Waals surface area contributed by atoms with Crippen LogP contribution in [0.2, 0.25) is 0 Å². The van der Waals surface area contributed by atoms with Crippen molar-refractivity contribution < 1.29 is 41.0 Å². The standard InChI is InChI=1S/C25H26F3N5O6S/c1-15(2)32-13-16(12-30-32)11-29-23(34)10-19-14-33(21-9-18(31-24(35)36)6-7-22(21)39-19)40(37,38)20-5-3-4-17(8-20)25(26,27)28/h3-9,12-13,15,19,31H,10-11,14H2,1-2H3,(H,29,34)(H,35,36). The van der Waals surface area contributed by atoms with Crippen LogP contribution in [0, 0.1) is 0 Å². The van der Waals surface area contributed by atoms with Crippen LogP contribution in [-0.2, 0) is 27.5 Å². The van der Waals surface area contributed by atoms with Crippen LogP contribution in [0.1, 0.15) is 37.4 Å². The van der Waals surface area contributed by atoms with Crippen molar-refractivity contribution >= 4 is 33.4 Å². The zero-order chi connectivity index (χ0) is 29.2. The normalized spacial score (nSPS) is 15.3. The van der Waals surface area contributed by atoms with Gasteiger partial charge in [0.25, 0.3) is 10.0 Å². The number of anilines is 2. The minimum absolute atomic E-state index is 0.00810. The smallest absolute Gasteiger partial charge is 0.416 e. The SMILES string of the molecule is CC(C)n1cc(CNC(=O)CC2CN(S(=O)(=O)c3cccc(C(F)(F)F)c3)c3cc(NC(=O)O)ccc3O2)cn1. The minimum atomic E-state index is -4.78. The predicted molar refractivity (Wildman–Crippen MR) is 138 cm³/mol. The van der Waals surface area contributed by atoms with Gasteiger partial charge in [-0.05, 0) is 50.2 Å². The van der Waals surface area contributed by atoms with Crippen molar-refractivity contribution in [3.63, 3.8) is 0 Å². The number of benzene rings is 2. The lowest BCUT2D eigenvalue weighted by Gasteiger charge is -2.35. The molecule has 1 aromatic heterocycles. The van der Waals surface area contributed by atoms with E-state index in [9.17, 15) is 31.2 Å². The fourth-order valence-corrected chi connectivity index (χ4v) is 5.58. The molecule has 214 valence electrons. The number of halogens is 3. The van der Waals surface area contributed by atoms with Gasteiger partial charge in [0.05, 0.1) is 35.3 Å². The molecule has 0 saturated carbocycles. The number of alkyl halides is 3. The van der Waals surface area contributed by atoms with E-state index < -0.39 is 51.3 Å². The van der Waals surface area contributed by atoms with E-state index in [1.165, 1.54) is 18.2 Å². The van der Waals surface area contributed by atoms with E-state index in [2.05, 4.69) is 15.7 Å². The number of nitrogens with zero attached hydrogens (tertiary/aromatic N) is 3. The van der Waals surface area contributed by atoms with Crippen molar-refractivity contribution in [2.24, 2.45) is 0 Å². The third kappa shape index (κ3) is 6.47. The van der Waals surface area contributed by atoms with Gasteiger partial charge in [-0.15, -0.1) is 0 Å². The van der Waals surface area contributed by atoms with Crippen molar-refractivity contribution in [1.82, 2.24) is 15.1 Å². The number of rotatable bonds is 8. The van der Waals surface area contributed by atoms with Crippen LogP contribution >= 0.6 is 0 Å². The highest BCUT2D eigenvalue weighted by molar-refractivity contribution is 7.92. The van der Waals surface area contributed by atoms with Crippen LogP contribution in [0.25, 0.3) is 0 Å². The first-order chi connectivity index (χ1) is 18.7. The summed E-state index contributed by atoms with van der Waals surface area (Å²) in [6.45, 7) is 3.66. The number of aromatic nitrogens is 2. The van der Waals surface area contributed by atoms with Crippen LogP contribution < -0.4 is 19.7 Å². The number of carbonyl (C=O) groups is 2. The summed E-state index contributed by atoms with van der Waals surface area (Å²) in [5.74, 6) is -0.444. The van der Waals surface area contributed by atoms with Gasteiger partial charge in [-0.2, -0.15) is 18.3 Å². The Balaban J connectivity index is 1.60. The highest BCUT2D eigenvalue weighted by Crippen LogP contribution is 2.40. The number of carbonyl (C=O) groups excluding carboxylic acids is 1. The van der Waals surface area contributed by atoms with Crippen molar-refractivity contribution in [3.05, 3.63) is 66.0 Å². The molecule has 0 saturated heterocycles. The van der Waals surface area contributed by atoms with Crippen molar-refractivity contribution in [1.29, 1.82) is 0 Å². The molecule has 15 heteroatoms. The summed E-state index contributed by atoms with van der Waals surface area (Å²) in [5, 5.41) is 18.1. The van der Waals surface area contributed by atoms with Crippen molar-refractivity contribution in [2.45, 2.75) is 50.0 Å². The molecule has 4 rings (SSSR count). The summed E-state index contributed by atoms with van der Waals surface area (Å²) in [7, 11) is -4.60. The zero-order valence-electron chi connectivity index (χ0n) is 21.3. The molecule has 3 N–H and O–H groups in total. The number of hydrogen-bond donors (Lipinski definition) is 3. The van der Waals surface area contributed by atoms with Gasteiger partial charge in [-0.3, -0.25) is 19.1 Å². The van der Waals surface area contributed by atoms with E-state index in [1.807, 2.05) is 13.8 Å². The number of hydrogen-bond acceptors (Lipinski definition) is 6. The van der Waals surface area contributed by atoms with Crippen LogP contribution in [0.15, 0.2) is 59.8 Å².